The molecular weight excluding hydrogens is 361 g/mol. The summed E-state index contributed by atoms with van der Waals surface area (Å²) in [5, 5.41) is 15.1. The predicted molar refractivity (Wildman–Crippen MR) is 103 cm³/mol. The molecule has 0 fully saturated rings. The fourth-order valence-electron chi connectivity index (χ4n) is 2.50. The van der Waals surface area contributed by atoms with Crippen molar-refractivity contribution < 1.29 is 4.79 Å². The second-order valence-electron chi connectivity index (χ2n) is 5.70. The highest BCUT2D eigenvalue weighted by Crippen LogP contribution is 2.18. The van der Waals surface area contributed by atoms with Gasteiger partial charge in [-0.1, -0.05) is 43.1 Å². The number of nitrogens with zero attached hydrogens (tertiary/aromatic N) is 3. The minimum atomic E-state index is -0.198. The topological polar surface area (TPSA) is 71.8 Å². The molecule has 0 unspecified atom stereocenters. The molecule has 0 spiro atoms. The molecule has 0 bridgehead atoms. The van der Waals surface area contributed by atoms with E-state index in [2.05, 4.69) is 27.9 Å². The molecule has 25 heavy (non-hydrogen) atoms. The number of benzene rings is 1. The van der Waals surface area contributed by atoms with Gasteiger partial charge in [-0.3, -0.25) is 4.79 Å². The maximum atomic E-state index is 12.5. The quantitative estimate of drug-likeness (QED) is 0.732. The highest BCUT2D eigenvalue weighted by Gasteiger charge is 2.20. The van der Waals surface area contributed by atoms with Gasteiger partial charge in [0, 0.05) is 17.6 Å². The number of amides is 1. The highest BCUT2D eigenvalue weighted by atomic mass is 35.5. The number of carbonyl (C=O) groups excluding carboxylic acids is 1. The molecule has 8 heteroatoms. The Morgan fingerprint density at radius 2 is 2.12 bits per heavy atom. The minimum absolute atomic E-state index is 0. The Morgan fingerprint density at radius 1 is 1.36 bits per heavy atom. The van der Waals surface area contributed by atoms with Crippen LogP contribution >= 0.6 is 24.0 Å². The Hall–Kier alpha value is -1.63. The lowest BCUT2D eigenvalue weighted by atomic mass is 10.2. The van der Waals surface area contributed by atoms with Crippen LogP contribution in [0.25, 0.3) is 5.69 Å². The molecule has 0 aliphatic rings. The van der Waals surface area contributed by atoms with Gasteiger partial charge in [0.15, 0.2) is 5.69 Å². The molecule has 0 saturated carbocycles. The fraction of sp³-hybridized carbons (Fsp3) is 0.471. The lowest BCUT2D eigenvalue weighted by molar-refractivity contribution is 0.0944. The van der Waals surface area contributed by atoms with Crippen molar-refractivity contribution in [2.45, 2.75) is 39.7 Å². The number of hydrogen-bond donors (Lipinski definition) is 2. The van der Waals surface area contributed by atoms with Crippen LogP contribution in [0.4, 0.5) is 0 Å². The molecule has 1 amide bonds. The third kappa shape index (κ3) is 5.70. The summed E-state index contributed by atoms with van der Waals surface area (Å²) in [5.41, 5.74) is 1.98. The van der Waals surface area contributed by atoms with Crippen LogP contribution in [0.15, 0.2) is 24.3 Å². The molecule has 0 radical (unpaired) electrons. The van der Waals surface area contributed by atoms with E-state index in [-0.39, 0.29) is 24.4 Å². The monoisotopic (exact) mass is 385 g/mol. The van der Waals surface area contributed by atoms with E-state index in [1.54, 1.807) is 10.7 Å². The smallest absolute Gasteiger partial charge is 0.273 e. The van der Waals surface area contributed by atoms with E-state index in [0.717, 1.165) is 24.3 Å². The van der Waals surface area contributed by atoms with Crippen LogP contribution in [0.5, 0.6) is 0 Å². The Kier molecular flexibility index (Phi) is 8.89. The van der Waals surface area contributed by atoms with Crippen molar-refractivity contribution >= 4 is 29.9 Å². The number of carbonyl (C=O) groups is 1. The van der Waals surface area contributed by atoms with Crippen LogP contribution in [0, 0.1) is 0 Å². The predicted octanol–water partition coefficient (Wildman–Crippen LogP) is 3.02. The van der Waals surface area contributed by atoms with Crippen molar-refractivity contribution in [2.24, 2.45) is 0 Å². The number of aromatic nitrogens is 3. The largest absolute Gasteiger partial charge is 0.349 e. The summed E-state index contributed by atoms with van der Waals surface area (Å²) < 4.78 is 1.69. The van der Waals surface area contributed by atoms with Gasteiger partial charge in [0.1, 0.15) is 0 Å². The van der Waals surface area contributed by atoms with Crippen molar-refractivity contribution in [3.05, 3.63) is 40.7 Å². The molecule has 138 valence electrons. The molecule has 1 aromatic carbocycles. The molecular formula is C17H25Cl2N5O. The first kappa shape index (κ1) is 21.4. The van der Waals surface area contributed by atoms with Crippen LogP contribution in [-0.2, 0) is 6.42 Å². The average molecular weight is 386 g/mol. The summed E-state index contributed by atoms with van der Waals surface area (Å²) in [6.07, 6.45) is 1.60. The highest BCUT2D eigenvalue weighted by molar-refractivity contribution is 6.30. The summed E-state index contributed by atoms with van der Waals surface area (Å²) in [5.74, 6) is -0.198. The molecule has 2 N–H and O–H groups in total. The second-order valence-corrected chi connectivity index (χ2v) is 6.13. The van der Waals surface area contributed by atoms with Crippen molar-refractivity contribution in [1.29, 1.82) is 0 Å². The maximum Gasteiger partial charge on any atom is 0.273 e. The van der Waals surface area contributed by atoms with Crippen LogP contribution in [-0.4, -0.2) is 40.0 Å². The summed E-state index contributed by atoms with van der Waals surface area (Å²) in [7, 11) is 0. The number of likely N-dealkylation sites (N-methyl/N-ethyl adjacent to an activating group) is 1. The van der Waals surface area contributed by atoms with Gasteiger partial charge in [0.25, 0.3) is 5.91 Å². The molecule has 2 aromatic rings. The average Bonchev–Trinajstić information content (AvgIpc) is 2.97. The SMILES string of the molecule is CCCc1c(C(=O)NC[C@@H](C)NCC)nnn1-c1cccc(Cl)c1.Cl. The molecule has 0 aliphatic carbocycles. The van der Waals surface area contributed by atoms with Gasteiger partial charge in [0.05, 0.1) is 11.4 Å². The normalized spacial score (nSPS) is 11.7. The van der Waals surface area contributed by atoms with Crippen LogP contribution in [0.2, 0.25) is 5.02 Å². The number of hydrogen-bond acceptors (Lipinski definition) is 4. The zero-order chi connectivity index (χ0) is 17.5. The first-order chi connectivity index (χ1) is 11.6. The van der Waals surface area contributed by atoms with Gasteiger partial charge in [-0.25, -0.2) is 4.68 Å². The zero-order valence-corrected chi connectivity index (χ0v) is 16.3. The number of rotatable bonds is 8. The summed E-state index contributed by atoms with van der Waals surface area (Å²) in [6, 6.07) is 7.57. The van der Waals surface area contributed by atoms with E-state index >= 15 is 0 Å². The Morgan fingerprint density at radius 3 is 2.76 bits per heavy atom. The molecule has 1 atom stereocenters. The van der Waals surface area contributed by atoms with Crippen molar-refractivity contribution in [3.63, 3.8) is 0 Å². The molecule has 0 aliphatic heterocycles. The van der Waals surface area contributed by atoms with E-state index in [0.29, 0.717) is 23.7 Å². The van der Waals surface area contributed by atoms with Gasteiger partial charge >= 0.3 is 0 Å². The van der Waals surface area contributed by atoms with E-state index in [1.807, 2.05) is 32.0 Å². The van der Waals surface area contributed by atoms with Crippen LogP contribution < -0.4 is 10.6 Å². The second kappa shape index (κ2) is 10.4. The summed E-state index contributed by atoms with van der Waals surface area (Å²) in [4.78, 5) is 12.5. The first-order valence-electron chi connectivity index (χ1n) is 8.28. The lowest BCUT2D eigenvalue weighted by Crippen LogP contribution is -2.39. The van der Waals surface area contributed by atoms with Gasteiger partial charge in [0.2, 0.25) is 0 Å². The number of halogens is 2. The summed E-state index contributed by atoms with van der Waals surface area (Å²) in [6.45, 7) is 7.53. The van der Waals surface area contributed by atoms with E-state index in [1.165, 1.54) is 0 Å². The van der Waals surface area contributed by atoms with Gasteiger partial charge < -0.3 is 10.6 Å². The molecule has 0 saturated heterocycles. The van der Waals surface area contributed by atoms with Crippen LogP contribution in [0.3, 0.4) is 0 Å². The third-order valence-corrected chi connectivity index (χ3v) is 3.87. The minimum Gasteiger partial charge on any atom is -0.349 e. The first-order valence-corrected chi connectivity index (χ1v) is 8.66. The van der Waals surface area contributed by atoms with Crippen LogP contribution in [0.1, 0.15) is 43.4 Å². The fourth-order valence-corrected chi connectivity index (χ4v) is 2.69. The molecule has 2 rings (SSSR count). The number of nitrogens with one attached hydrogen (secondary N) is 2. The van der Waals surface area contributed by atoms with E-state index in [9.17, 15) is 4.79 Å². The Balaban J connectivity index is 0.00000312. The third-order valence-electron chi connectivity index (χ3n) is 3.64. The van der Waals surface area contributed by atoms with Crippen molar-refractivity contribution in [1.82, 2.24) is 25.6 Å². The van der Waals surface area contributed by atoms with Gasteiger partial charge in [-0.15, -0.1) is 17.5 Å². The molecule has 1 heterocycles. The standard InChI is InChI=1S/C17H24ClN5O.ClH/c1-4-7-15-16(17(24)20-11-12(3)19-5-2)21-22-23(15)14-9-6-8-13(18)10-14;/h6,8-10,12,19H,4-5,7,11H2,1-3H3,(H,20,24);1H/t12-;/m1./s1. The maximum absolute atomic E-state index is 12.5. The van der Waals surface area contributed by atoms with Crippen molar-refractivity contribution in [3.8, 4) is 5.69 Å². The van der Waals surface area contributed by atoms with E-state index < -0.39 is 0 Å². The lowest BCUT2D eigenvalue weighted by Gasteiger charge is -2.13. The molecule has 6 nitrogen and oxygen atoms in total. The Labute approximate surface area is 159 Å². The zero-order valence-electron chi connectivity index (χ0n) is 14.8. The van der Waals surface area contributed by atoms with Gasteiger partial charge in [-0.2, -0.15) is 0 Å². The van der Waals surface area contributed by atoms with Crippen molar-refractivity contribution in [2.75, 3.05) is 13.1 Å². The summed E-state index contributed by atoms with van der Waals surface area (Å²) >= 11 is 6.06. The Bertz CT molecular complexity index is 689. The van der Waals surface area contributed by atoms with Gasteiger partial charge in [-0.05, 0) is 38.1 Å². The van der Waals surface area contributed by atoms with E-state index in [4.69, 9.17) is 11.6 Å². The molecule has 1 aromatic heterocycles.